The molecule has 4 rings (SSSR count). The van der Waals surface area contributed by atoms with Gasteiger partial charge in [0.15, 0.2) is 0 Å². The molecule has 3 aromatic rings. The molecule has 33 heavy (non-hydrogen) atoms. The van der Waals surface area contributed by atoms with E-state index in [4.69, 9.17) is 0 Å². The number of halogens is 3. The van der Waals surface area contributed by atoms with Gasteiger partial charge in [-0.1, -0.05) is 42.5 Å². The molecule has 1 aliphatic heterocycles. The van der Waals surface area contributed by atoms with Crippen LogP contribution in [0.25, 0.3) is 0 Å². The second-order valence-corrected chi connectivity index (χ2v) is 8.24. The summed E-state index contributed by atoms with van der Waals surface area (Å²) in [7, 11) is 0. The predicted molar refractivity (Wildman–Crippen MR) is 131 cm³/mol. The maximum absolute atomic E-state index is 13.5. The summed E-state index contributed by atoms with van der Waals surface area (Å²) in [6.45, 7) is 4.35. The number of β-amino-alcohol motifs (C(OH)–C–C–N with tert-alkyl or cyclic N) is 1. The number of piperazine rings is 1. The van der Waals surface area contributed by atoms with Crippen molar-refractivity contribution in [3.63, 3.8) is 0 Å². The number of para-hydroxylation sites is 1. The number of aliphatic hydroxyl groups excluding tert-OH is 1. The first kappa shape index (κ1) is 25.1. The van der Waals surface area contributed by atoms with Crippen LogP contribution in [0, 0.1) is 11.6 Å². The number of nitrogens with one attached hydrogen (secondary N) is 1. The first-order chi connectivity index (χ1) is 15.6. The second-order valence-electron chi connectivity index (χ2n) is 8.24. The molecule has 4 nitrogen and oxygen atoms in total. The van der Waals surface area contributed by atoms with Crippen molar-refractivity contribution in [2.45, 2.75) is 12.1 Å². The quantitative estimate of drug-likeness (QED) is 0.503. The molecule has 7 heteroatoms. The Hall–Kier alpha value is -2.51. The van der Waals surface area contributed by atoms with Crippen molar-refractivity contribution < 1.29 is 13.9 Å². The van der Waals surface area contributed by atoms with Gasteiger partial charge in [-0.25, -0.2) is 8.78 Å². The largest absolute Gasteiger partial charge is 0.390 e. The van der Waals surface area contributed by atoms with Crippen LogP contribution < -0.4 is 5.32 Å². The van der Waals surface area contributed by atoms with Crippen LogP contribution in [-0.2, 0) is 0 Å². The van der Waals surface area contributed by atoms with E-state index in [1.165, 1.54) is 24.3 Å². The number of hydrogen-bond acceptors (Lipinski definition) is 4. The van der Waals surface area contributed by atoms with Crippen molar-refractivity contribution >= 4 is 18.1 Å². The van der Waals surface area contributed by atoms with Gasteiger partial charge in [-0.15, -0.1) is 12.4 Å². The molecular formula is C26H30ClF2N3O. The third-order valence-corrected chi connectivity index (χ3v) is 5.93. The number of benzene rings is 3. The normalized spacial score (nSPS) is 15.8. The molecule has 176 valence electrons. The van der Waals surface area contributed by atoms with Gasteiger partial charge in [-0.3, -0.25) is 9.80 Å². The minimum atomic E-state index is -0.466. The molecule has 0 saturated carbocycles. The van der Waals surface area contributed by atoms with E-state index >= 15 is 0 Å². The van der Waals surface area contributed by atoms with E-state index < -0.39 is 6.10 Å². The van der Waals surface area contributed by atoms with Gasteiger partial charge < -0.3 is 10.4 Å². The fraction of sp³-hybridized carbons (Fsp3) is 0.308. The van der Waals surface area contributed by atoms with Crippen LogP contribution >= 0.6 is 12.4 Å². The van der Waals surface area contributed by atoms with Crippen molar-refractivity contribution in [1.82, 2.24) is 9.80 Å². The zero-order valence-electron chi connectivity index (χ0n) is 18.4. The van der Waals surface area contributed by atoms with E-state index in [1.54, 1.807) is 24.3 Å². The van der Waals surface area contributed by atoms with Gasteiger partial charge in [0, 0.05) is 45.0 Å². The van der Waals surface area contributed by atoms with Gasteiger partial charge in [-0.2, -0.15) is 0 Å². The van der Waals surface area contributed by atoms with Crippen LogP contribution in [0.4, 0.5) is 14.5 Å². The van der Waals surface area contributed by atoms with Gasteiger partial charge in [0.2, 0.25) is 0 Å². The summed E-state index contributed by atoms with van der Waals surface area (Å²) in [5.41, 5.74) is 2.97. The Morgan fingerprint density at radius 2 is 1.27 bits per heavy atom. The van der Waals surface area contributed by atoms with Gasteiger partial charge in [-0.05, 0) is 47.5 Å². The SMILES string of the molecule is Cl.OC(CNc1ccccc1)CN1CCN(C(c2ccc(F)cc2)c2ccc(F)cc2)CC1. The zero-order chi connectivity index (χ0) is 22.3. The molecule has 0 aromatic heterocycles. The maximum atomic E-state index is 13.5. The fourth-order valence-corrected chi connectivity index (χ4v) is 4.26. The lowest BCUT2D eigenvalue weighted by Gasteiger charge is -2.40. The highest BCUT2D eigenvalue weighted by molar-refractivity contribution is 5.85. The molecule has 3 aromatic carbocycles. The van der Waals surface area contributed by atoms with E-state index in [9.17, 15) is 13.9 Å². The van der Waals surface area contributed by atoms with Gasteiger partial charge >= 0.3 is 0 Å². The Morgan fingerprint density at radius 3 is 1.79 bits per heavy atom. The highest BCUT2D eigenvalue weighted by Gasteiger charge is 2.27. The van der Waals surface area contributed by atoms with Crippen molar-refractivity contribution in [3.8, 4) is 0 Å². The summed E-state index contributed by atoms with van der Waals surface area (Å²) in [6.07, 6.45) is -0.466. The standard InChI is InChI=1S/C26H29F2N3O.ClH/c27-22-10-6-20(7-11-22)26(21-8-12-23(28)13-9-21)31-16-14-30(15-17-31)19-25(32)18-29-24-4-2-1-3-5-24;/h1-13,25-26,29,32H,14-19H2;1H. The summed E-state index contributed by atoms with van der Waals surface area (Å²) in [4.78, 5) is 4.60. The van der Waals surface area contributed by atoms with E-state index in [0.717, 1.165) is 43.0 Å². The van der Waals surface area contributed by atoms with Crippen LogP contribution in [0.15, 0.2) is 78.9 Å². The van der Waals surface area contributed by atoms with E-state index in [2.05, 4.69) is 15.1 Å². The number of rotatable bonds is 8. The highest BCUT2D eigenvalue weighted by atomic mass is 35.5. The van der Waals surface area contributed by atoms with Gasteiger partial charge in [0.1, 0.15) is 11.6 Å². The summed E-state index contributed by atoms with van der Waals surface area (Å²) >= 11 is 0. The first-order valence-electron chi connectivity index (χ1n) is 11.0. The Balaban J connectivity index is 0.00000306. The van der Waals surface area contributed by atoms with Crippen molar-refractivity contribution in [1.29, 1.82) is 0 Å². The van der Waals surface area contributed by atoms with Crippen LogP contribution in [0.1, 0.15) is 17.2 Å². The molecule has 0 spiro atoms. The smallest absolute Gasteiger partial charge is 0.123 e. The number of nitrogens with zero attached hydrogens (tertiary/aromatic N) is 2. The molecule has 2 N–H and O–H groups in total. The van der Waals surface area contributed by atoms with Crippen molar-refractivity contribution in [2.24, 2.45) is 0 Å². The average molecular weight is 474 g/mol. The summed E-state index contributed by atoms with van der Waals surface area (Å²) in [5.74, 6) is -0.538. The molecule has 1 fully saturated rings. The molecule has 1 heterocycles. The van der Waals surface area contributed by atoms with Crippen molar-refractivity contribution in [2.75, 3.05) is 44.6 Å². The number of aliphatic hydroxyl groups is 1. The zero-order valence-corrected chi connectivity index (χ0v) is 19.2. The lowest BCUT2D eigenvalue weighted by atomic mass is 9.96. The Morgan fingerprint density at radius 1 is 0.758 bits per heavy atom. The van der Waals surface area contributed by atoms with E-state index in [0.29, 0.717) is 13.1 Å². The molecule has 0 radical (unpaired) electrons. The van der Waals surface area contributed by atoms with E-state index in [1.807, 2.05) is 30.3 Å². The molecule has 0 amide bonds. The third kappa shape index (κ3) is 6.98. The Bertz CT molecular complexity index is 920. The molecule has 1 atom stereocenters. The maximum Gasteiger partial charge on any atom is 0.123 e. The van der Waals surface area contributed by atoms with Crippen LogP contribution in [0.2, 0.25) is 0 Å². The lowest BCUT2D eigenvalue weighted by molar-refractivity contribution is 0.0672. The fourth-order valence-electron chi connectivity index (χ4n) is 4.26. The number of hydrogen-bond donors (Lipinski definition) is 2. The molecular weight excluding hydrogens is 444 g/mol. The number of anilines is 1. The topological polar surface area (TPSA) is 38.7 Å². The first-order valence-corrected chi connectivity index (χ1v) is 11.0. The minimum Gasteiger partial charge on any atom is -0.390 e. The second kappa shape index (κ2) is 12.1. The van der Waals surface area contributed by atoms with Gasteiger partial charge in [0.25, 0.3) is 0 Å². The molecule has 0 aliphatic carbocycles. The van der Waals surface area contributed by atoms with Crippen molar-refractivity contribution in [3.05, 3.63) is 102 Å². The Labute approximate surface area is 200 Å². The van der Waals surface area contributed by atoms with Crippen LogP contribution in [0.3, 0.4) is 0 Å². The minimum absolute atomic E-state index is 0. The Kier molecular flexibility index (Phi) is 9.21. The molecule has 1 aliphatic rings. The summed E-state index contributed by atoms with van der Waals surface area (Å²) < 4.78 is 27.0. The van der Waals surface area contributed by atoms with E-state index in [-0.39, 0.29) is 30.1 Å². The van der Waals surface area contributed by atoms with Gasteiger partial charge in [0.05, 0.1) is 12.1 Å². The third-order valence-electron chi connectivity index (χ3n) is 5.93. The van der Waals surface area contributed by atoms with Crippen LogP contribution in [-0.4, -0.2) is 60.3 Å². The van der Waals surface area contributed by atoms with Crippen LogP contribution in [0.5, 0.6) is 0 Å². The predicted octanol–water partition coefficient (Wildman–Crippen LogP) is 4.57. The average Bonchev–Trinajstić information content (AvgIpc) is 2.82. The summed E-state index contributed by atoms with van der Waals surface area (Å²) in [6, 6.07) is 22.9. The highest BCUT2D eigenvalue weighted by Crippen LogP contribution is 2.30. The lowest BCUT2D eigenvalue weighted by Crippen LogP contribution is -2.50. The monoisotopic (exact) mass is 473 g/mol. The molecule has 0 bridgehead atoms. The molecule has 1 unspecified atom stereocenters. The molecule has 1 saturated heterocycles. The summed E-state index contributed by atoms with van der Waals surface area (Å²) in [5, 5.41) is 13.7.